The molecule has 1 amide bonds. The van der Waals surface area contributed by atoms with Gasteiger partial charge in [-0.2, -0.15) is 0 Å². The van der Waals surface area contributed by atoms with E-state index in [-0.39, 0.29) is 5.91 Å². The van der Waals surface area contributed by atoms with Crippen LogP contribution in [0.25, 0.3) is 10.6 Å². The molecule has 1 saturated heterocycles. The molecule has 0 bridgehead atoms. The molecular weight excluding hydrogens is 340 g/mol. The van der Waals surface area contributed by atoms with Gasteiger partial charge >= 0.3 is 0 Å². The van der Waals surface area contributed by atoms with Crippen LogP contribution in [0.3, 0.4) is 0 Å². The Kier molecular flexibility index (Phi) is 5.12. The maximum atomic E-state index is 13.0. The number of thiazole rings is 1. The van der Waals surface area contributed by atoms with Crippen LogP contribution in [0.5, 0.6) is 0 Å². The SMILES string of the molecule is O=C(c1csc(-c2ccccc2)n1)N1CCCCC(c2ccccc2)C1. The summed E-state index contributed by atoms with van der Waals surface area (Å²) in [6.45, 7) is 1.60. The quantitative estimate of drug-likeness (QED) is 0.640. The molecule has 0 aliphatic carbocycles. The molecule has 1 aliphatic heterocycles. The average molecular weight is 362 g/mol. The fourth-order valence-corrected chi connectivity index (χ4v) is 4.37. The van der Waals surface area contributed by atoms with E-state index in [9.17, 15) is 4.79 Å². The van der Waals surface area contributed by atoms with Gasteiger partial charge in [0.15, 0.2) is 0 Å². The average Bonchev–Trinajstić information content (AvgIpc) is 3.07. The Morgan fingerprint density at radius 3 is 2.50 bits per heavy atom. The van der Waals surface area contributed by atoms with Gasteiger partial charge in [-0.25, -0.2) is 4.98 Å². The Morgan fingerprint density at radius 1 is 1.00 bits per heavy atom. The molecule has 0 saturated carbocycles. The molecule has 0 spiro atoms. The second-order valence-corrected chi connectivity index (χ2v) is 7.62. The molecule has 1 fully saturated rings. The molecule has 1 unspecified atom stereocenters. The van der Waals surface area contributed by atoms with Gasteiger partial charge in [-0.15, -0.1) is 11.3 Å². The normalized spacial score (nSPS) is 17.7. The van der Waals surface area contributed by atoms with E-state index in [1.165, 1.54) is 16.9 Å². The van der Waals surface area contributed by atoms with Gasteiger partial charge in [-0.1, -0.05) is 67.1 Å². The molecule has 1 atom stereocenters. The molecule has 4 rings (SSSR count). The number of hydrogen-bond acceptors (Lipinski definition) is 3. The van der Waals surface area contributed by atoms with Gasteiger partial charge in [-0.05, 0) is 18.4 Å². The van der Waals surface area contributed by atoms with Crippen LogP contribution in [0.15, 0.2) is 66.0 Å². The van der Waals surface area contributed by atoms with Crippen molar-refractivity contribution in [1.29, 1.82) is 0 Å². The second kappa shape index (κ2) is 7.83. The zero-order valence-electron chi connectivity index (χ0n) is 14.7. The number of benzene rings is 2. The van der Waals surface area contributed by atoms with E-state index in [1.807, 2.05) is 46.7 Å². The van der Waals surface area contributed by atoms with Crippen LogP contribution in [0.4, 0.5) is 0 Å². The molecule has 3 nitrogen and oxygen atoms in total. The summed E-state index contributed by atoms with van der Waals surface area (Å²) < 4.78 is 0. The third-order valence-corrected chi connectivity index (χ3v) is 5.86. The highest BCUT2D eigenvalue weighted by Gasteiger charge is 2.25. The monoisotopic (exact) mass is 362 g/mol. The number of carbonyl (C=O) groups is 1. The molecule has 1 aromatic heterocycles. The first kappa shape index (κ1) is 17.0. The van der Waals surface area contributed by atoms with Crippen molar-refractivity contribution in [2.75, 3.05) is 13.1 Å². The summed E-state index contributed by atoms with van der Waals surface area (Å²) in [6, 6.07) is 20.6. The van der Waals surface area contributed by atoms with Crippen LogP contribution < -0.4 is 0 Å². The zero-order valence-corrected chi connectivity index (χ0v) is 15.5. The third kappa shape index (κ3) is 3.70. The van der Waals surface area contributed by atoms with Gasteiger partial charge in [0.25, 0.3) is 5.91 Å². The third-order valence-electron chi connectivity index (χ3n) is 4.97. The molecule has 132 valence electrons. The van der Waals surface area contributed by atoms with Crippen molar-refractivity contribution in [3.8, 4) is 10.6 Å². The van der Waals surface area contributed by atoms with Gasteiger partial charge in [0.1, 0.15) is 10.7 Å². The van der Waals surface area contributed by atoms with E-state index in [0.29, 0.717) is 11.6 Å². The Balaban J connectivity index is 1.53. The van der Waals surface area contributed by atoms with E-state index < -0.39 is 0 Å². The summed E-state index contributed by atoms with van der Waals surface area (Å²) in [5, 5.41) is 2.80. The molecule has 2 heterocycles. The van der Waals surface area contributed by atoms with Crippen molar-refractivity contribution in [3.63, 3.8) is 0 Å². The summed E-state index contributed by atoms with van der Waals surface area (Å²) in [4.78, 5) is 19.6. The van der Waals surface area contributed by atoms with Crippen molar-refractivity contribution in [2.45, 2.75) is 25.2 Å². The first-order valence-corrected chi connectivity index (χ1v) is 10.0. The highest BCUT2D eigenvalue weighted by Crippen LogP contribution is 2.28. The van der Waals surface area contributed by atoms with Crippen molar-refractivity contribution < 1.29 is 4.79 Å². The minimum absolute atomic E-state index is 0.0614. The molecule has 1 aliphatic rings. The Labute approximate surface area is 158 Å². The summed E-state index contributed by atoms with van der Waals surface area (Å²) in [5.74, 6) is 0.473. The topological polar surface area (TPSA) is 33.2 Å². The summed E-state index contributed by atoms with van der Waals surface area (Å²) in [7, 11) is 0. The number of carbonyl (C=O) groups excluding carboxylic acids is 1. The van der Waals surface area contributed by atoms with Crippen LogP contribution in [0, 0.1) is 0 Å². The van der Waals surface area contributed by atoms with Crippen LogP contribution >= 0.6 is 11.3 Å². The summed E-state index contributed by atoms with van der Waals surface area (Å²) >= 11 is 1.54. The van der Waals surface area contributed by atoms with Crippen LogP contribution in [-0.4, -0.2) is 28.9 Å². The lowest BCUT2D eigenvalue weighted by atomic mass is 9.94. The molecule has 2 aromatic carbocycles. The highest BCUT2D eigenvalue weighted by molar-refractivity contribution is 7.13. The van der Waals surface area contributed by atoms with Crippen molar-refractivity contribution in [1.82, 2.24) is 9.88 Å². The predicted molar refractivity (Wildman–Crippen MR) is 106 cm³/mol. The Morgan fingerprint density at radius 2 is 1.73 bits per heavy atom. The number of hydrogen-bond donors (Lipinski definition) is 0. The maximum absolute atomic E-state index is 13.0. The van der Waals surface area contributed by atoms with Gasteiger partial charge < -0.3 is 4.90 Å². The van der Waals surface area contributed by atoms with Crippen molar-refractivity contribution in [3.05, 3.63) is 77.3 Å². The Hall–Kier alpha value is -2.46. The second-order valence-electron chi connectivity index (χ2n) is 6.76. The maximum Gasteiger partial charge on any atom is 0.273 e. The minimum atomic E-state index is 0.0614. The predicted octanol–water partition coefficient (Wildman–Crippen LogP) is 5.22. The molecule has 0 N–H and O–H groups in total. The van der Waals surface area contributed by atoms with E-state index in [2.05, 4.69) is 29.2 Å². The molecule has 26 heavy (non-hydrogen) atoms. The fourth-order valence-electron chi connectivity index (χ4n) is 3.57. The van der Waals surface area contributed by atoms with Crippen LogP contribution in [-0.2, 0) is 0 Å². The van der Waals surface area contributed by atoms with E-state index in [4.69, 9.17) is 0 Å². The fraction of sp³-hybridized carbons (Fsp3) is 0.273. The largest absolute Gasteiger partial charge is 0.337 e. The van der Waals surface area contributed by atoms with Crippen LogP contribution in [0.2, 0.25) is 0 Å². The van der Waals surface area contributed by atoms with E-state index in [0.717, 1.165) is 42.9 Å². The van der Waals surface area contributed by atoms with E-state index >= 15 is 0 Å². The summed E-state index contributed by atoms with van der Waals surface area (Å²) in [5.41, 5.74) is 2.97. The molecular formula is C22H22N2OS. The molecule has 0 radical (unpaired) electrons. The van der Waals surface area contributed by atoms with Crippen molar-refractivity contribution in [2.24, 2.45) is 0 Å². The van der Waals surface area contributed by atoms with Crippen molar-refractivity contribution >= 4 is 17.2 Å². The lowest BCUT2D eigenvalue weighted by Gasteiger charge is -2.24. The summed E-state index contributed by atoms with van der Waals surface area (Å²) in [6.07, 6.45) is 3.36. The van der Waals surface area contributed by atoms with Gasteiger partial charge in [0.05, 0.1) is 0 Å². The first-order chi connectivity index (χ1) is 12.8. The van der Waals surface area contributed by atoms with Gasteiger partial charge in [0.2, 0.25) is 0 Å². The lowest BCUT2D eigenvalue weighted by molar-refractivity contribution is 0.0749. The number of aromatic nitrogens is 1. The van der Waals surface area contributed by atoms with Gasteiger partial charge in [0, 0.05) is 30.0 Å². The molecule has 3 aromatic rings. The van der Waals surface area contributed by atoms with E-state index in [1.54, 1.807) is 0 Å². The smallest absolute Gasteiger partial charge is 0.273 e. The Bertz CT molecular complexity index is 860. The number of amides is 1. The van der Waals surface area contributed by atoms with Gasteiger partial charge in [-0.3, -0.25) is 4.79 Å². The first-order valence-electron chi connectivity index (χ1n) is 9.16. The number of likely N-dealkylation sites (tertiary alicyclic amines) is 1. The van der Waals surface area contributed by atoms with Crippen LogP contribution in [0.1, 0.15) is 41.2 Å². The minimum Gasteiger partial charge on any atom is -0.337 e. The standard InChI is InChI=1S/C22H22N2OS/c25-22(20-16-26-21(23-20)18-11-5-2-6-12-18)24-14-8-7-13-19(15-24)17-9-3-1-4-10-17/h1-6,9-12,16,19H,7-8,13-15H2. The lowest BCUT2D eigenvalue weighted by Crippen LogP contribution is -2.34. The zero-order chi connectivity index (χ0) is 17.8. The molecule has 4 heteroatoms. The number of nitrogens with zero attached hydrogens (tertiary/aromatic N) is 2. The highest BCUT2D eigenvalue weighted by atomic mass is 32.1. The number of rotatable bonds is 3.